The molecule has 0 saturated carbocycles. The van der Waals surface area contributed by atoms with E-state index < -0.39 is 0 Å². The molecule has 1 unspecified atom stereocenters. The van der Waals surface area contributed by atoms with Crippen LogP contribution in [0.15, 0.2) is 59.0 Å². The smallest absolute Gasteiger partial charge is 0.134 e. The third-order valence-corrected chi connectivity index (χ3v) is 3.53. The summed E-state index contributed by atoms with van der Waals surface area (Å²) in [6.07, 6.45) is 0. The Labute approximate surface area is 122 Å². The molecule has 4 heteroatoms. The second-order valence-corrected chi connectivity index (χ2v) is 5.15. The number of nitrogens with two attached hydrogens (primary N) is 1. The van der Waals surface area contributed by atoms with Crippen LogP contribution in [0.3, 0.4) is 0 Å². The lowest BCUT2D eigenvalue weighted by atomic mass is 10.2. The summed E-state index contributed by atoms with van der Waals surface area (Å²) in [7, 11) is 1.89. The van der Waals surface area contributed by atoms with Crippen molar-refractivity contribution in [2.75, 3.05) is 18.5 Å². The van der Waals surface area contributed by atoms with Gasteiger partial charge in [-0.05, 0) is 30.3 Å². The minimum atomic E-state index is -0.273. The van der Waals surface area contributed by atoms with Crippen LogP contribution in [0.2, 0.25) is 0 Å². The zero-order chi connectivity index (χ0) is 14.8. The average Bonchev–Trinajstić information content (AvgIpc) is 2.91. The average molecular weight is 284 g/mol. The Morgan fingerprint density at radius 3 is 2.71 bits per heavy atom. The quantitative estimate of drug-likeness (QED) is 0.794. The number of furan rings is 1. The Morgan fingerprint density at radius 2 is 1.95 bits per heavy atom. The molecule has 0 aliphatic rings. The van der Waals surface area contributed by atoms with Crippen molar-refractivity contribution >= 4 is 16.7 Å². The molecular formula is C17H17FN2O. The van der Waals surface area contributed by atoms with Gasteiger partial charge in [-0.15, -0.1) is 0 Å². The van der Waals surface area contributed by atoms with Gasteiger partial charge in [0.15, 0.2) is 0 Å². The molecule has 0 aliphatic carbocycles. The molecule has 1 heterocycles. The van der Waals surface area contributed by atoms with E-state index in [0.717, 1.165) is 22.4 Å². The predicted molar refractivity (Wildman–Crippen MR) is 82.8 cm³/mol. The van der Waals surface area contributed by atoms with Crippen molar-refractivity contribution < 1.29 is 8.81 Å². The molecule has 0 bridgehead atoms. The molecule has 3 rings (SSSR count). The van der Waals surface area contributed by atoms with E-state index in [1.807, 2.05) is 48.3 Å². The van der Waals surface area contributed by atoms with Crippen LogP contribution < -0.4 is 10.6 Å². The van der Waals surface area contributed by atoms with E-state index in [-0.39, 0.29) is 11.9 Å². The van der Waals surface area contributed by atoms with E-state index >= 15 is 0 Å². The van der Waals surface area contributed by atoms with Crippen molar-refractivity contribution in [3.63, 3.8) is 0 Å². The summed E-state index contributed by atoms with van der Waals surface area (Å²) in [6.45, 7) is 0.545. The summed E-state index contributed by atoms with van der Waals surface area (Å²) < 4.78 is 19.0. The van der Waals surface area contributed by atoms with Crippen molar-refractivity contribution in [1.29, 1.82) is 0 Å². The Hall–Kier alpha value is -2.33. The van der Waals surface area contributed by atoms with Crippen LogP contribution >= 0.6 is 0 Å². The number of hydrogen-bond acceptors (Lipinski definition) is 3. The molecule has 0 fully saturated rings. The topological polar surface area (TPSA) is 42.4 Å². The first kappa shape index (κ1) is 13.6. The molecule has 0 amide bonds. The lowest BCUT2D eigenvalue weighted by Crippen LogP contribution is -2.28. The fourth-order valence-corrected chi connectivity index (χ4v) is 2.39. The van der Waals surface area contributed by atoms with E-state index in [0.29, 0.717) is 6.54 Å². The van der Waals surface area contributed by atoms with E-state index in [4.69, 9.17) is 10.2 Å². The van der Waals surface area contributed by atoms with Gasteiger partial charge in [0.2, 0.25) is 0 Å². The third-order valence-electron chi connectivity index (χ3n) is 3.53. The molecule has 0 spiro atoms. The summed E-state index contributed by atoms with van der Waals surface area (Å²) in [6, 6.07) is 16.0. The van der Waals surface area contributed by atoms with Crippen LogP contribution in [-0.2, 0) is 0 Å². The van der Waals surface area contributed by atoms with Crippen molar-refractivity contribution in [2.24, 2.45) is 5.73 Å². The van der Waals surface area contributed by atoms with Gasteiger partial charge < -0.3 is 15.1 Å². The number of benzene rings is 2. The van der Waals surface area contributed by atoms with Crippen molar-refractivity contribution in [2.45, 2.75) is 6.04 Å². The highest BCUT2D eigenvalue weighted by molar-refractivity contribution is 5.77. The summed E-state index contributed by atoms with van der Waals surface area (Å²) in [5, 5.41) is 1.04. The van der Waals surface area contributed by atoms with Crippen LogP contribution in [0.25, 0.3) is 11.0 Å². The van der Waals surface area contributed by atoms with Crippen LogP contribution in [0.5, 0.6) is 0 Å². The highest BCUT2D eigenvalue weighted by Crippen LogP contribution is 2.24. The summed E-state index contributed by atoms with van der Waals surface area (Å²) in [5.41, 5.74) is 7.83. The number of likely N-dealkylation sites (N-methyl/N-ethyl adjacent to an activating group) is 1. The van der Waals surface area contributed by atoms with Crippen LogP contribution in [0.4, 0.5) is 10.1 Å². The van der Waals surface area contributed by atoms with Gasteiger partial charge in [0.05, 0.1) is 6.04 Å². The van der Waals surface area contributed by atoms with E-state index in [2.05, 4.69) is 0 Å². The number of rotatable bonds is 4. The lowest BCUT2D eigenvalue weighted by Gasteiger charge is -2.22. The van der Waals surface area contributed by atoms with Crippen LogP contribution in [0.1, 0.15) is 11.8 Å². The monoisotopic (exact) mass is 284 g/mol. The minimum absolute atomic E-state index is 0.253. The molecule has 0 radical (unpaired) electrons. The van der Waals surface area contributed by atoms with E-state index in [1.165, 1.54) is 12.1 Å². The summed E-state index contributed by atoms with van der Waals surface area (Å²) in [4.78, 5) is 1.92. The molecule has 3 nitrogen and oxygen atoms in total. The number of hydrogen-bond donors (Lipinski definition) is 1. The Kier molecular flexibility index (Phi) is 3.62. The number of para-hydroxylation sites is 1. The molecule has 108 valence electrons. The molecule has 1 aromatic heterocycles. The molecule has 21 heavy (non-hydrogen) atoms. The van der Waals surface area contributed by atoms with E-state index in [9.17, 15) is 4.39 Å². The summed E-state index contributed by atoms with van der Waals surface area (Å²) >= 11 is 0. The molecule has 2 aromatic carbocycles. The van der Waals surface area contributed by atoms with Gasteiger partial charge in [-0.2, -0.15) is 0 Å². The van der Waals surface area contributed by atoms with Gasteiger partial charge in [0.1, 0.15) is 17.2 Å². The van der Waals surface area contributed by atoms with Gasteiger partial charge in [0.25, 0.3) is 0 Å². The van der Waals surface area contributed by atoms with Gasteiger partial charge in [0, 0.05) is 24.7 Å². The normalized spacial score (nSPS) is 12.5. The van der Waals surface area contributed by atoms with Crippen molar-refractivity contribution in [3.8, 4) is 0 Å². The molecular weight excluding hydrogens is 267 g/mol. The first-order valence-corrected chi connectivity index (χ1v) is 6.84. The Bertz CT molecular complexity index is 720. The van der Waals surface area contributed by atoms with Gasteiger partial charge in [-0.25, -0.2) is 4.39 Å². The first-order valence-electron chi connectivity index (χ1n) is 6.84. The van der Waals surface area contributed by atoms with E-state index in [1.54, 1.807) is 6.07 Å². The highest BCUT2D eigenvalue weighted by Gasteiger charge is 2.14. The molecule has 2 N–H and O–H groups in total. The summed E-state index contributed by atoms with van der Waals surface area (Å²) in [5.74, 6) is 0.483. The zero-order valence-corrected chi connectivity index (χ0v) is 11.8. The molecule has 1 atom stereocenters. The maximum Gasteiger partial charge on any atom is 0.134 e. The predicted octanol–water partition coefficient (Wildman–Crippen LogP) is 3.71. The second-order valence-electron chi connectivity index (χ2n) is 5.15. The standard InChI is InChI=1S/C17H17FN2O/c1-20(14-7-4-6-13(18)10-14)11-15(19)17-9-12-5-2-3-8-16(12)21-17/h2-10,15H,11,19H2,1H3. The lowest BCUT2D eigenvalue weighted by molar-refractivity contribution is 0.495. The van der Waals surface area contributed by atoms with Crippen molar-refractivity contribution in [1.82, 2.24) is 0 Å². The largest absolute Gasteiger partial charge is 0.459 e. The van der Waals surface area contributed by atoms with Gasteiger partial charge >= 0.3 is 0 Å². The third kappa shape index (κ3) is 2.90. The second kappa shape index (κ2) is 5.58. The fraction of sp³-hybridized carbons (Fsp3) is 0.176. The Balaban J connectivity index is 1.77. The minimum Gasteiger partial charge on any atom is -0.459 e. The SMILES string of the molecule is CN(CC(N)c1cc2ccccc2o1)c1cccc(F)c1. The highest BCUT2D eigenvalue weighted by atomic mass is 19.1. The van der Waals surface area contributed by atoms with Crippen LogP contribution in [-0.4, -0.2) is 13.6 Å². The number of nitrogens with zero attached hydrogens (tertiary/aromatic N) is 1. The number of anilines is 1. The van der Waals surface area contributed by atoms with Gasteiger partial charge in [-0.3, -0.25) is 0 Å². The molecule has 0 saturated heterocycles. The van der Waals surface area contributed by atoms with Crippen LogP contribution in [0, 0.1) is 5.82 Å². The maximum atomic E-state index is 13.3. The maximum absolute atomic E-state index is 13.3. The van der Waals surface area contributed by atoms with Gasteiger partial charge in [-0.1, -0.05) is 24.3 Å². The number of halogens is 1. The fourth-order valence-electron chi connectivity index (χ4n) is 2.39. The first-order chi connectivity index (χ1) is 10.1. The number of fused-ring (bicyclic) bond motifs is 1. The zero-order valence-electron chi connectivity index (χ0n) is 11.8. The molecule has 0 aliphatic heterocycles. The van der Waals surface area contributed by atoms with Crippen molar-refractivity contribution in [3.05, 3.63) is 66.2 Å². The molecule has 3 aromatic rings. The Morgan fingerprint density at radius 1 is 1.14 bits per heavy atom.